The van der Waals surface area contributed by atoms with Crippen molar-refractivity contribution in [1.29, 1.82) is 0 Å². The van der Waals surface area contributed by atoms with Gasteiger partial charge in [-0.3, -0.25) is 9.59 Å². The Kier molecular flexibility index (Phi) is 5.41. The lowest BCUT2D eigenvalue weighted by molar-refractivity contribution is -0.139. The number of carbonyl (C=O) groups is 2. The van der Waals surface area contributed by atoms with Crippen molar-refractivity contribution < 1.29 is 14.3 Å². The van der Waals surface area contributed by atoms with E-state index < -0.39 is 0 Å². The van der Waals surface area contributed by atoms with Crippen LogP contribution in [0, 0.1) is 5.92 Å². The van der Waals surface area contributed by atoms with Gasteiger partial charge in [0.15, 0.2) is 0 Å². The molecule has 0 bridgehead atoms. The number of benzene rings is 1. The fourth-order valence-corrected chi connectivity index (χ4v) is 3.66. The smallest absolute Gasteiger partial charge is 0.227 e. The van der Waals surface area contributed by atoms with Crippen LogP contribution in [0.4, 0.5) is 0 Å². The molecule has 5 heteroatoms. The molecule has 2 aliphatic rings. The zero-order valence-corrected chi connectivity index (χ0v) is 15.0. The molecule has 0 aliphatic carbocycles. The monoisotopic (exact) mass is 342 g/mol. The van der Waals surface area contributed by atoms with Crippen LogP contribution in [0.25, 0.3) is 5.57 Å². The van der Waals surface area contributed by atoms with Gasteiger partial charge in [0.25, 0.3) is 0 Å². The second-order valence-corrected chi connectivity index (χ2v) is 6.80. The first kappa shape index (κ1) is 17.5. The first-order valence-electron chi connectivity index (χ1n) is 8.96. The average Bonchev–Trinajstić information content (AvgIpc) is 2.67. The molecule has 5 nitrogen and oxygen atoms in total. The highest BCUT2D eigenvalue weighted by Gasteiger charge is 2.30. The van der Waals surface area contributed by atoms with Gasteiger partial charge in [-0.2, -0.15) is 0 Å². The summed E-state index contributed by atoms with van der Waals surface area (Å²) in [6.07, 6.45) is 4.81. The SMILES string of the molecule is COc1ccc(C2=CCN(C(=O)C3CCCN(C(C)=O)C3)CC2)cc1. The van der Waals surface area contributed by atoms with Crippen molar-refractivity contribution in [1.82, 2.24) is 9.80 Å². The summed E-state index contributed by atoms with van der Waals surface area (Å²) in [5.41, 5.74) is 2.47. The van der Waals surface area contributed by atoms with Crippen molar-refractivity contribution in [3.63, 3.8) is 0 Å². The molecule has 1 aromatic carbocycles. The highest BCUT2D eigenvalue weighted by molar-refractivity contribution is 5.82. The predicted molar refractivity (Wildman–Crippen MR) is 97.1 cm³/mol. The number of hydrogen-bond acceptors (Lipinski definition) is 3. The maximum atomic E-state index is 12.8. The highest BCUT2D eigenvalue weighted by Crippen LogP contribution is 2.26. The highest BCUT2D eigenvalue weighted by atomic mass is 16.5. The molecule has 2 heterocycles. The number of piperidine rings is 1. The molecule has 1 saturated heterocycles. The normalized spacial score (nSPS) is 20.9. The molecule has 0 spiro atoms. The summed E-state index contributed by atoms with van der Waals surface area (Å²) >= 11 is 0. The van der Waals surface area contributed by atoms with Crippen LogP contribution in [0.2, 0.25) is 0 Å². The molecule has 3 rings (SSSR count). The van der Waals surface area contributed by atoms with Gasteiger partial charge < -0.3 is 14.5 Å². The van der Waals surface area contributed by atoms with Crippen molar-refractivity contribution in [3.05, 3.63) is 35.9 Å². The minimum Gasteiger partial charge on any atom is -0.497 e. The van der Waals surface area contributed by atoms with E-state index in [1.54, 1.807) is 18.9 Å². The third-order valence-electron chi connectivity index (χ3n) is 5.20. The van der Waals surface area contributed by atoms with Gasteiger partial charge >= 0.3 is 0 Å². The van der Waals surface area contributed by atoms with E-state index >= 15 is 0 Å². The molecule has 0 saturated carbocycles. The van der Waals surface area contributed by atoms with Crippen LogP contribution in [-0.4, -0.2) is 54.9 Å². The lowest BCUT2D eigenvalue weighted by Crippen LogP contribution is -2.47. The van der Waals surface area contributed by atoms with E-state index in [0.717, 1.165) is 38.1 Å². The number of ether oxygens (including phenoxy) is 1. The summed E-state index contributed by atoms with van der Waals surface area (Å²) in [4.78, 5) is 28.1. The van der Waals surface area contributed by atoms with Crippen molar-refractivity contribution in [2.75, 3.05) is 33.3 Å². The fourth-order valence-electron chi connectivity index (χ4n) is 3.66. The Balaban J connectivity index is 1.61. The van der Waals surface area contributed by atoms with Gasteiger partial charge in [0, 0.05) is 33.1 Å². The summed E-state index contributed by atoms with van der Waals surface area (Å²) in [5.74, 6) is 1.06. The van der Waals surface area contributed by atoms with Crippen LogP contribution in [0.1, 0.15) is 31.7 Å². The second kappa shape index (κ2) is 7.72. The first-order valence-corrected chi connectivity index (χ1v) is 8.96. The largest absolute Gasteiger partial charge is 0.497 e. The van der Waals surface area contributed by atoms with Gasteiger partial charge in [-0.1, -0.05) is 18.2 Å². The summed E-state index contributed by atoms with van der Waals surface area (Å²) in [6, 6.07) is 8.06. The summed E-state index contributed by atoms with van der Waals surface area (Å²) in [5, 5.41) is 0. The van der Waals surface area contributed by atoms with Gasteiger partial charge in [-0.25, -0.2) is 0 Å². The fraction of sp³-hybridized carbons (Fsp3) is 0.500. The molecule has 1 aromatic rings. The lowest BCUT2D eigenvalue weighted by Gasteiger charge is -2.35. The van der Waals surface area contributed by atoms with Crippen LogP contribution in [0.15, 0.2) is 30.3 Å². The van der Waals surface area contributed by atoms with Gasteiger partial charge in [0.05, 0.1) is 13.0 Å². The van der Waals surface area contributed by atoms with E-state index in [4.69, 9.17) is 4.74 Å². The van der Waals surface area contributed by atoms with Crippen molar-refractivity contribution in [2.24, 2.45) is 5.92 Å². The molecule has 25 heavy (non-hydrogen) atoms. The van der Waals surface area contributed by atoms with Crippen LogP contribution >= 0.6 is 0 Å². The Hall–Kier alpha value is -2.30. The summed E-state index contributed by atoms with van der Waals surface area (Å²) in [7, 11) is 1.66. The Bertz CT molecular complexity index is 666. The molecule has 0 N–H and O–H groups in total. The topological polar surface area (TPSA) is 49.9 Å². The standard InChI is InChI=1S/C20H26N2O3/c1-15(23)22-11-3-4-18(14-22)20(24)21-12-9-17(10-13-21)16-5-7-19(25-2)8-6-16/h5-9,18H,3-4,10-14H2,1-2H3. The third-order valence-corrected chi connectivity index (χ3v) is 5.20. The van der Waals surface area contributed by atoms with E-state index in [-0.39, 0.29) is 17.7 Å². The third kappa shape index (κ3) is 4.03. The number of hydrogen-bond donors (Lipinski definition) is 0. The Morgan fingerprint density at radius 2 is 1.88 bits per heavy atom. The Morgan fingerprint density at radius 1 is 1.12 bits per heavy atom. The van der Waals surface area contributed by atoms with Gasteiger partial charge in [-0.15, -0.1) is 0 Å². The van der Waals surface area contributed by atoms with Crippen LogP contribution < -0.4 is 4.74 Å². The maximum absolute atomic E-state index is 12.8. The number of rotatable bonds is 3. The number of carbonyl (C=O) groups excluding carboxylic acids is 2. The molecule has 134 valence electrons. The van der Waals surface area contributed by atoms with Crippen molar-refractivity contribution in [2.45, 2.75) is 26.2 Å². The molecular formula is C20H26N2O3. The van der Waals surface area contributed by atoms with Crippen LogP contribution in [-0.2, 0) is 9.59 Å². The molecule has 1 atom stereocenters. The minimum absolute atomic E-state index is 0.0476. The van der Waals surface area contributed by atoms with Crippen molar-refractivity contribution >= 4 is 17.4 Å². The van der Waals surface area contributed by atoms with E-state index in [1.807, 2.05) is 17.0 Å². The van der Waals surface area contributed by atoms with E-state index in [9.17, 15) is 9.59 Å². The van der Waals surface area contributed by atoms with Gasteiger partial charge in [0.2, 0.25) is 11.8 Å². The molecule has 0 radical (unpaired) electrons. The quantitative estimate of drug-likeness (QED) is 0.848. The van der Waals surface area contributed by atoms with E-state index in [1.165, 1.54) is 11.1 Å². The average molecular weight is 342 g/mol. The summed E-state index contributed by atoms with van der Waals surface area (Å²) in [6.45, 7) is 4.32. The minimum atomic E-state index is -0.0476. The van der Waals surface area contributed by atoms with Gasteiger partial charge in [-0.05, 0) is 42.5 Å². The number of likely N-dealkylation sites (tertiary alicyclic amines) is 1. The Labute approximate surface area is 149 Å². The number of amides is 2. The molecule has 2 amide bonds. The van der Waals surface area contributed by atoms with E-state index in [0.29, 0.717) is 13.1 Å². The lowest BCUT2D eigenvalue weighted by atomic mass is 9.94. The zero-order chi connectivity index (χ0) is 17.8. The molecule has 2 aliphatic heterocycles. The summed E-state index contributed by atoms with van der Waals surface area (Å²) < 4.78 is 5.20. The molecule has 1 unspecified atom stereocenters. The number of methoxy groups -OCH3 is 1. The van der Waals surface area contributed by atoms with Gasteiger partial charge in [0.1, 0.15) is 5.75 Å². The zero-order valence-electron chi connectivity index (χ0n) is 15.0. The molecule has 1 fully saturated rings. The van der Waals surface area contributed by atoms with Crippen LogP contribution in [0.3, 0.4) is 0 Å². The van der Waals surface area contributed by atoms with Crippen molar-refractivity contribution in [3.8, 4) is 5.75 Å². The van der Waals surface area contributed by atoms with Crippen LogP contribution in [0.5, 0.6) is 5.75 Å². The molecular weight excluding hydrogens is 316 g/mol. The maximum Gasteiger partial charge on any atom is 0.227 e. The second-order valence-electron chi connectivity index (χ2n) is 6.80. The molecule has 0 aromatic heterocycles. The first-order chi connectivity index (χ1) is 12.1. The predicted octanol–water partition coefficient (Wildman–Crippen LogP) is 2.57. The van der Waals surface area contributed by atoms with E-state index in [2.05, 4.69) is 18.2 Å². The number of nitrogens with zero attached hydrogens (tertiary/aromatic N) is 2. The Morgan fingerprint density at radius 3 is 2.48 bits per heavy atom.